The summed E-state index contributed by atoms with van der Waals surface area (Å²) >= 11 is 5.38. The molecule has 1 rings (SSSR count). The smallest absolute Gasteiger partial charge is 0.269 e. The van der Waals surface area contributed by atoms with E-state index in [0.29, 0.717) is 0 Å². The van der Waals surface area contributed by atoms with Crippen LogP contribution in [0.3, 0.4) is 0 Å². The first-order valence-electron chi connectivity index (χ1n) is 4.78. The first-order valence-corrected chi connectivity index (χ1v) is 8.57. The average Bonchev–Trinajstić information content (AvgIpc) is 2.13. The number of hydrogen-bond acceptors (Lipinski definition) is 5. The molecule has 0 aromatic heterocycles. The summed E-state index contributed by atoms with van der Waals surface area (Å²) in [5.74, 6) is -1.25. The number of alkyl halides is 1. The quantitative estimate of drug-likeness (QED) is 0.469. The largest absolute Gasteiger partial charge is 0.399 e. The number of sulfone groups is 1. The molecule has 102 valence electrons. The molecule has 0 spiro atoms. The number of anilines is 1. The molecule has 0 fully saturated rings. The van der Waals surface area contributed by atoms with Gasteiger partial charge >= 0.3 is 0 Å². The van der Waals surface area contributed by atoms with Gasteiger partial charge in [0.1, 0.15) is 5.75 Å². The zero-order valence-corrected chi connectivity index (χ0v) is 11.6. The SMILES string of the molecule is Nc1ccc(S(=O)(=O)CCCl)c(CS(=O)(=O)O)c1. The summed E-state index contributed by atoms with van der Waals surface area (Å²) in [7, 11) is -8.04. The van der Waals surface area contributed by atoms with Gasteiger partial charge in [-0.2, -0.15) is 8.42 Å². The van der Waals surface area contributed by atoms with E-state index in [9.17, 15) is 16.8 Å². The van der Waals surface area contributed by atoms with Crippen molar-refractivity contribution < 1.29 is 21.4 Å². The van der Waals surface area contributed by atoms with Crippen molar-refractivity contribution in [3.05, 3.63) is 23.8 Å². The van der Waals surface area contributed by atoms with Crippen molar-refractivity contribution in [3.8, 4) is 0 Å². The Kier molecular flexibility index (Phi) is 4.60. The van der Waals surface area contributed by atoms with E-state index in [0.717, 1.165) is 0 Å². The van der Waals surface area contributed by atoms with Crippen molar-refractivity contribution in [1.29, 1.82) is 0 Å². The lowest BCUT2D eigenvalue weighted by Gasteiger charge is -2.09. The maximum atomic E-state index is 11.8. The van der Waals surface area contributed by atoms with Gasteiger partial charge in [-0.1, -0.05) is 0 Å². The third kappa shape index (κ3) is 4.13. The highest BCUT2D eigenvalue weighted by molar-refractivity contribution is 7.91. The fraction of sp³-hybridized carbons (Fsp3) is 0.333. The summed E-state index contributed by atoms with van der Waals surface area (Å²) in [5, 5.41) is 0. The molecule has 0 bridgehead atoms. The lowest BCUT2D eigenvalue weighted by atomic mass is 10.2. The van der Waals surface area contributed by atoms with Crippen LogP contribution in [0, 0.1) is 0 Å². The second kappa shape index (κ2) is 5.43. The number of nitrogens with two attached hydrogens (primary N) is 1. The third-order valence-electron chi connectivity index (χ3n) is 2.10. The minimum absolute atomic E-state index is 0.0670. The van der Waals surface area contributed by atoms with Gasteiger partial charge in [-0.15, -0.1) is 11.6 Å². The van der Waals surface area contributed by atoms with E-state index >= 15 is 0 Å². The van der Waals surface area contributed by atoms with Crippen LogP contribution in [0.25, 0.3) is 0 Å². The first-order chi connectivity index (χ1) is 8.15. The molecule has 0 atom stereocenters. The number of rotatable bonds is 5. The van der Waals surface area contributed by atoms with E-state index in [2.05, 4.69) is 0 Å². The zero-order valence-electron chi connectivity index (χ0n) is 9.21. The lowest BCUT2D eigenvalue weighted by Crippen LogP contribution is -2.13. The molecule has 3 N–H and O–H groups in total. The first kappa shape index (κ1) is 15.2. The summed E-state index contributed by atoms with van der Waals surface area (Å²) in [4.78, 5) is -0.185. The molecule has 0 aliphatic heterocycles. The normalized spacial score (nSPS) is 12.6. The molecule has 0 saturated heterocycles. The predicted molar refractivity (Wildman–Crippen MR) is 68.9 cm³/mol. The Morgan fingerprint density at radius 3 is 2.33 bits per heavy atom. The van der Waals surface area contributed by atoms with Crippen molar-refractivity contribution in [2.24, 2.45) is 0 Å². The Labute approximate surface area is 110 Å². The van der Waals surface area contributed by atoms with Crippen LogP contribution in [0.1, 0.15) is 5.56 Å². The van der Waals surface area contributed by atoms with E-state index in [-0.39, 0.29) is 27.8 Å². The van der Waals surface area contributed by atoms with Crippen molar-refractivity contribution in [1.82, 2.24) is 0 Å². The maximum absolute atomic E-state index is 11.8. The molecule has 6 nitrogen and oxygen atoms in total. The van der Waals surface area contributed by atoms with Crippen LogP contribution >= 0.6 is 11.6 Å². The molecule has 18 heavy (non-hydrogen) atoms. The van der Waals surface area contributed by atoms with Crippen molar-refractivity contribution in [2.75, 3.05) is 17.4 Å². The molecule has 0 amide bonds. The zero-order chi connectivity index (χ0) is 14.0. The molecule has 0 saturated carbocycles. The van der Waals surface area contributed by atoms with Gasteiger partial charge in [0.15, 0.2) is 9.84 Å². The van der Waals surface area contributed by atoms with Gasteiger partial charge in [0.05, 0.1) is 10.6 Å². The molecule has 0 aliphatic carbocycles. The molecule has 0 radical (unpaired) electrons. The molecule has 0 unspecified atom stereocenters. The van der Waals surface area contributed by atoms with E-state index in [1.807, 2.05) is 0 Å². The van der Waals surface area contributed by atoms with Gasteiger partial charge < -0.3 is 5.73 Å². The molecule has 1 aromatic carbocycles. The third-order valence-corrected chi connectivity index (χ3v) is 5.00. The van der Waals surface area contributed by atoms with Gasteiger partial charge in [0.2, 0.25) is 0 Å². The Balaban J connectivity index is 3.37. The van der Waals surface area contributed by atoms with Crippen LogP contribution < -0.4 is 5.73 Å². The average molecular weight is 314 g/mol. The number of benzene rings is 1. The number of nitrogen functional groups attached to an aromatic ring is 1. The Morgan fingerprint density at radius 2 is 1.83 bits per heavy atom. The second-order valence-electron chi connectivity index (χ2n) is 3.60. The molecular weight excluding hydrogens is 302 g/mol. The van der Waals surface area contributed by atoms with Crippen LogP contribution in [0.2, 0.25) is 0 Å². The summed E-state index contributed by atoms with van der Waals surface area (Å²) < 4.78 is 54.2. The highest BCUT2D eigenvalue weighted by Gasteiger charge is 2.21. The van der Waals surface area contributed by atoms with Crippen LogP contribution in [0.5, 0.6) is 0 Å². The molecule has 1 aromatic rings. The summed E-state index contributed by atoms with van der Waals surface area (Å²) in [6, 6.07) is 3.75. The molecule has 9 heteroatoms. The monoisotopic (exact) mass is 313 g/mol. The van der Waals surface area contributed by atoms with Gasteiger partial charge in [0, 0.05) is 11.6 Å². The van der Waals surface area contributed by atoms with Gasteiger partial charge in [-0.25, -0.2) is 8.42 Å². The van der Waals surface area contributed by atoms with Crippen LogP contribution in [0.15, 0.2) is 23.1 Å². The fourth-order valence-electron chi connectivity index (χ4n) is 1.42. The van der Waals surface area contributed by atoms with E-state index in [1.54, 1.807) is 0 Å². The van der Waals surface area contributed by atoms with Crippen molar-refractivity contribution >= 4 is 37.2 Å². The predicted octanol–water partition coefficient (Wildman–Crippen LogP) is 0.669. The van der Waals surface area contributed by atoms with Crippen LogP contribution in [-0.4, -0.2) is 33.0 Å². The minimum atomic E-state index is -4.34. The number of hydrogen-bond donors (Lipinski definition) is 2. The number of halogens is 1. The lowest BCUT2D eigenvalue weighted by molar-refractivity contribution is 0.481. The molecule has 0 heterocycles. The van der Waals surface area contributed by atoms with Gasteiger partial charge in [-0.05, 0) is 23.8 Å². The highest BCUT2D eigenvalue weighted by atomic mass is 35.5. The van der Waals surface area contributed by atoms with E-state index in [4.69, 9.17) is 21.9 Å². The van der Waals surface area contributed by atoms with Crippen molar-refractivity contribution in [3.63, 3.8) is 0 Å². The fourth-order valence-corrected chi connectivity index (χ4v) is 3.99. The standard InChI is InChI=1S/C9H12ClNO5S2/c10-3-4-17(12,13)9-2-1-8(11)5-7(9)6-18(14,15)16/h1-2,5H,3-4,6,11H2,(H,14,15,16). The molecule has 0 aliphatic rings. The van der Waals surface area contributed by atoms with Crippen molar-refractivity contribution in [2.45, 2.75) is 10.6 Å². The summed E-state index contributed by atoms with van der Waals surface area (Å²) in [6.45, 7) is 0. The molecular formula is C9H12ClNO5S2. The van der Waals surface area contributed by atoms with E-state index in [1.165, 1.54) is 18.2 Å². The maximum Gasteiger partial charge on any atom is 0.269 e. The van der Waals surface area contributed by atoms with Gasteiger partial charge in [-0.3, -0.25) is 4.55 Å². The Bertz CT molecular complexity index is 639. The highest BCUT2D eigenvalue weighted by Crippen LogP contribution is 2.22. The van der Waals surface area contributed by atoms with Gasteiger partial charge in [0.25, 0.3) is 10.1 Å². The van der Waals surface area contributed by atoms with Crippen LogP contribution in [-0.2, 0) is 25.7 Å². The topological polar surface area (TPSA) is 115 Å². The summed E-state index contributed by atoms with van der Waals surface area (Å²) in [5.41, 5.74) is 5.61. The summed E-state index contributed by atoms with van der Waals surface area (Å²) in [6.07, 6.45) is 0. The van der Waals surface area contributed by atoms with Crippen LogP contribution in [0.4, 0.5) is 5.69 Å². The second-order valence-corrected chi connectivity index (χ2v) is 7.51. The minimum Gasteiger partial charge on any atom is -0.399 e. The van der Waals surface area contributed by atoms with E-state index < -0.39 is 25.7 Å². The Morgan fingerprint density at radius 1 is 1.22 bits per heavy atom. The Hall–Kier alpha value is -0.830.